The average Bonchev–Trinajstić information content (AvgIpc) is 2.84. The van der Waals surface area contributed by atoms with E-state index in [1.165, 1.54) is 19.3 Å². The molecule has 1 aliphatic rings. The van der Waals surface area contributed by atoms with Gasteiger partial charge in [-0.1, -0.05) is 31.4 Å². The van der Waals surface area contributed by atoms with Crippen LogP contribution in [0.2, 0.25) is 0 Å². The predicted octanol–water partition coefficient (Wildman–Crippen LogP) is 3.06. The van der Waals surface area contributed by atoms with Gasteiger partial charge in [0.05, 0.1) is 13.2 Å². The van der Waals surface area contributed by atoms with E-state index >= 15 is 0 Å². The van der Waals surface area contributed by atoms with E-state index in [2.05, 4.69) is 12.2 Å². The highest BCUT2D eigenvalue weighted by Crippen LogP contribution is 2.31. The number of ether oxygens (including phenoxy) is 1. The number of nitrogens with one attached hydrogen (secondary N) is 1. The fraction of sp³-hybridized carbons (Fsp3) is 0.647. The minimum Gasteiger partial charge on any atom is -0.496 e. The third-order valence-electron chi connectivity index (χ3n) is 4.53. The second-order valence-electron chi connectivity index (χ2n) is 6.09. The Kier molecular flexibility index (Phi) is 5.44. The summed E-state index contributed by atoms with van der Waals surface area (Å²) in [6.07, 6.45) is 3.50. The first kappa shape index (κ1) is 15.3. The Balaban J connectivity index is 1.88. The maximum Gasteiger partial charge on any atom is 0.124 e. The number of aryl methyl sites for hydroxylation is 1. The van der Waals surface area contributed by atoms with Crippen molar-refractivity contribution >= 4 is 0 Å². The average molecular weight is 277 g/mol. The molecule has 0 spiro atoms. The largest absolute Gasteiger partial charge is 0.496 e. The fourth-order valence-corrected chi connectivity index (χ4v) is 3.16. The van der Waals surface area contributed by atoms with E-state index in [1.807, 2.05) is 25.1 Å². The van der Waals surface area contributed by atoms with Crippen LogP contribution in [0.25, 0.3) is 0 Å². The molecule has 20 heavy (non-hydrogen) atoms. The lowest BCUT2D eigenvalue weighted by atomic mass is 9.98. The predicted molar refractivity (Wildman–Crippen MR) is 82.1 cm³/mol. The zero-order valence-corrected chi connectivity index (χ0v) is 12.9. The first-order chi connectivity index (χ1) is 9.61. The van der Waals surface area contributed by atoms with Crippen LogP contribution < -0.4 is 10.1 Å². The molecule has 0 aliphatic heterocycles. The van der Waals surface area contributed by atoms with Gasteiger partial charge in [0.15, 0.2) is 0 Å². The summed E-state index contributed by atoms with van der Waals surface area (Å²) in [5, 5.41) is 13.8. The first-order valence-electron chi connectivity index (χ1n) is 7.65. The summed E-state index contributed by atoms with van der Waals surface area (Å²) in [7, 11) is 1.65. The molecule has 1 saturated carbocycles. The number of benzene rings is 1. The van der Waals surface area contributed by atoms with Gasteiger partial charge in [-0.3, -0.25) is 0 Å². The molecule has 1 fully saturated rings. The Morgan fingerprint density at radius 1 is 1.40 bits per heavy atom. The number of aliphatic hydroxyl groups is 1. The van der Waals surface area contributed by atoms with Gasteiger partial charge in [0.25, 0.3) is 0 Å². The van der Waals surface area contributed by atoms with Crippen molar-refractivity contribution in [3.05, 3.63) is 29.3 Å². The third kappa shape index (κ3) is 3.74. The molecule has 3 atom stereocenters. The summed E-state index contributed by atoms with van der Waals surface area (Å²) in [5.74, 6) is 2.34. The van der Waals surface area contributed by atoms with Gasteiger partial charge >= 0.3 is 0 Å². The van der Waals surface area contributed by atoms with Crippen LogP contribution in [0.1, 0.15) is 43.4 Å². The van der Waals surface area contributed by atoms with Crippen LogP contribution in [-0.4, -0.2) is 25.3 Å². The monoisotopic (exact) mass is 277 g/mol. The second kappa shape index (κ2) is 7.09. The molecule has 0 radical (unpaired) electrons. The van der Waals surface area contributed by atoms with Crippen LogP contribution in [0, 0.1) is 18.8 Å². The van der Waals surface area contributed by atoms with Gasteiger partial charge in [-0.05, 0) is 43.9 Å². The Labute approximate surface area is 122 Å². The smallest absolute Gasteiger partial charge is 0.124 e. The van der Waals surface area contributed by atoms with Crippen molar-refractivity contribution < 1.29 is 9.84 Å². The minimum absolute atomic E-state index is 0.512. The van der Waals surface area contributed by atoms with Gasteiger partial charge in [-0.2, -0.15) is 0 Å². The van der Waals surface area contributed by atoms with Gasteiger partial charge in [-0.25, -0.2) is 0 Å². The van der Waals surface area contributed by atoms with Crippen molar-refractivity contribution in [3.63, 3.8) is 0 Å². The van der Waals surface area contributed by atoms with Crippen LogP contribution >= 0.6 is 0 Å². The second-order valence-corrected chi connectivity index (χ2v) is 6.09. The molecule has 0 amide bonds. The fourth-order valence-electron chi connectivity index (χ4n) is 3.16. The summed E-state index contributed by atoms with van der Waals surface area (Å²) in [6.45, 7) is 5.96. The molecule has 2 N–H and O–H groups in total. The topological polar surface area (TPSA) is 41.5 Å². The molecule has 1 aromatic carbocycles. The standard InChI is InChI=1S/C17H27NO2/c1-12-7-8-17(20-3)15(9-12)16(19)11-18-10-14-6-4-5-13(14)2/h7-9,13-14,16,18-19H,4-6,10-11H2,1-3H3. The van der Waals surface area contributed by atoms with E-state index in [0.717, 1.165) is 35.3 Å². The molecule has 3 nitrogen and oxygen atoms in total. The highest BCUT2D eigenvalue weighted by Gasteiger charge is 2.23. The van der Waals surface area contributed by atoms with Crippen molar-refractivity contribution in [3.8, 4) is 5.75 Å². The minimum atomic E-state index is -0.512. The molecule has 3 unspecified atom stereocenters. The Morgan fingerprint density at radius 3 is 2.85 bits per heavy atom. The lowest BCUT2D eigenvalue weighted by molar-refractivity contribution is 0.167. The van der Waals surface area contributed by atoms with Crippen molar-refractivity contribution in [2.24, 2.45) is 11.8 Å². The van der Waals surface area contributed by atoms with Crippen molar-refractivity contribution in [2.75, 3.05) is 20.2 Å². The normalized spacial score (nSPS) is 23.8. The molecule has 3 heteroatoms. The number of hydrogen-bond donors (Lipinski definition) is 2. The van der Waals surface area contributed by atoms with Crippen LogP contribution in [-0.2, 0) is 0 Å². The molecule has 0 bridgehead atoms. The molecule has 112 valence electrons. The van der Waals surface area contributed by atoms with Gasteiger partial charge in [0, 0.05) is 12.1 Å². The van der Waals surface area contributed by atoms with E-state index in [-0.39, 0.29) is 0 Å². The summed E-state index contributed by atoms with van der Waals surface area (Å²) in [4.78, 5) is 0. The molecular weight excluding hydrogens is 250 g/mol. The zero-order valence-electron chi connectivity index (χ0n) is 12.9. The van der Waals surface area contributed by atoms with Gasteiger partial charge in [0.2, 0.25) is 0 Å². The maximum atomic E-state index is 10.4. The zero-order chi connectivity index (χ0) is 14.5. The lowest BCUT2D eigenvalue weighted by Crippen LogP contribution is -2.28. The van der Waals surface area contributed by atoms with Crippen molar-refractivity contribution in [1.82, 2.24) is 5.32 Å². The molecular formula is C17H27NO2. The molecule has 0 aromatic heterocycles. The van der Waals surface area contributed by atoms with Gasteiger partial charge in [-0.15, -0.1) is 0 Å². The van der Waals surface area contributed by atoms with Crippen molar-refractivity contribution in [1.29, 1.82) is 0 Å². The first-order valence-corrected chi connectivity index (χ1v) is 7.65. The Bertz CT molecular complexity index is 433. The maximum absolute atomic E-state index is 10.4. The van der Waals surface area contributed by atoms with Crippen LogP contribution in [0.4, 0.5) is 0 Å². The van der Waals surface area contributed by atoms with E-state index in [9.17, 15) is 5.11 Å². The van der Waals surface area contributed by atoms with Gasteiger partial charge in [0.1, 0.15) is 5.75 Å². The van der Waals surface area contributed by atoms with Crippen LogP contribution in [0.3, 0.4) is 0 Å². The SMILES string of the molecule is COc1ccc(C)cc1C(O)CNCC1CCCC1C. The molecule has 1 aromatic rings. The Morgan fingerprint density at radius 2 is 2.20 bits per heavy atom. The lowest BCUT2D eigenvalue weighted by Gasteiger charge is -2.19. The molecule has 0 heterocycles. The number of rotatable bonds is 6. The number of hydrogen-bond acceptors (Lipinski definition) is 3. The van der Waals surface area contributed by atoms with E-state index < -0.39 is 6.10 Å². The molecule has 2 rings (SSSR count). The quantitative estimate of drug-likeness (QED) is 0.839. The van der Waals surface area contributed by atoms with E-state index in [0.29, 0.717) is 6.54 Å². The third-order valence-corrected chi connectivity index (χ3v) is 4.53. The van der Waals surface area contributed by atoms with Crippen LogP contribution in [0.5, 0.6) is 5.75 Å². The highest BCUT2D eigenvalue weighted by atomic mass is 16.5. The summed E-state index contributed by atoms with van der Waals surface area (Å²) < 4.78 is 5.33. The van der Waals surface area contributed by atoms with Crippen molar-refractivity contribution in [2.45, 2.75) is 39.2 Å². The number of aliphatic hydroxyl groups excluding tert-OH is 1. The summed E-state index contributed by atoms with van der Waals surface area (Å²) in [5.41, 5.74) is 2.02. The highest BCUT2D eigenvalue weighted by molar-refractivity contribution is 5.38. The van der Waals surface area contributed by atoms with Gasteiger partial charge < -0.3 is 15.2 Å². The summed E-state index contributed by atoms with van der Waals surface area (Å²) in [6, 6.07) is 5.93. The summed E-state index contributed by atoms with van der Waals surface area (Å²) >= 11 is 0. The number of methoxy groups -OCH3 is 1. The Hall–Kier alpha value is -1.06. The molecule has 0 saturated heterocycles. The van der Waals surface area contributed by atoms with Crippen LogP contribution in [0.15, 0.2) is 18.2 Å². The van der Waals surface area contributed by atoms with E-state index in [4.69, 9.17) is 4.74 Å². The van der Waals surface area contributed by atoms with E-state index in [1.54, 1.807) is 7.11 Å². The molecule has 1 aliphatic carbocycles.